The zero-order valence-corrected chi connectivity index (χ0v) is 15.7. The number of fused-ring (bicyclic) bond motifs is 1. The number of amides is 1. The van der Waals surface area contributed by atoms with Crippen LogP contribution in [0.5, 0.6) is 5.75 Å². The van der Waals surface area contributed by atoms with E-state index >= 15 is 0 Å². The van der Waals surface area contributed by atoms with Gasteiger partial charge in [-0.15, -0.1) is 16.1 Å². The van der Waals surface area contributed by atoms with E-state index in [0.717, 1.165) is 23.5 Å². The highest BCUT2D eigenvalue weighted by molar-refractivity contribution is 7.17. The molecule has 2 heterocycles. The van der Waals surface area contributed by atoms with Gasteiger partial charge in [-0.05, 0) is 30.0 Å². The summed E-state index contributed by atoms with van der Waals surface area (Å²) in [6.45, 7) is 0.176. The lowest BCUT2D eigenvalue weighted by Gasteiger charge is -2.14. The Hall–Kier alpha value is -3.47. The maximum absolute atomic E-state index is 13.9. The van der Waals surface area contributed by atoms with Crippen LogP contribution in [0.2, 0.25) is 0 Å². The number of aromatic hydroxyl groups is 1. The fraction of sp³-hybridized carbons (Fsp3) is 0.167. The second kappa shape index (κ2) is 7.87. The maximum atomic E-state index is 13.9. The number of aryl methyl sites for hydroxylation is 1. The lowest BCUT2D eigenvalue weighted by molar-refractivity contribution is -0.135. The minimum atomic E-state index is -1.35. The number of hydrogen-bond donors (Lipinski definition) is 3. The third-order valence-corrected chi connectivity index (χ3v) is 5.12. The van der Waals surface area contributed by atoms with E-state index in [9.17, 15) is 28.3 Å². The molecule has 0 spiro atoms. The van der Waals surface area contributed by atoms with Gasteiger partial charge in [0.2, 0.25) is 0 Å². The van der Waals surface area contributed by atoms with Gasteiger partial charge in [0.1, 0.15) is 30.3 Å². The van der Waals surface area contributed by atoms with Crippen molar-refractivity contribution in [3.05, 3.63) is 62.3 Å². The molecule has 3 N–H and O–H groups in total. The molecule has 0 aliphatic rings. The van der Waals surface area contributed by atoms with Gasteiger partial charge < -0.3 is 20.4 Å². The van der Waals surface area contributed by atoms with E-state index in [2.05, 4.69) is 0 Å². The molecule has 152 valence electrons. The number of hydrogen-bond acceptors (Lipinski definition) is 6. The van der Waals surface area contributed by atoms with E-state index in [0.29, 0.717) is 10.3 Å². The number of rotatable bonds is 6. The fourth-order valence-electron chi connectivity index (χ4n) is 2.65. The van der Waals surface area contributed by atoms with Crippen LogP contribution < -0.4 is 15.7 Å². The third-order valence-electron chi connectivity index (χ3n) is 4.02. The molecular formula is C18H14F2N2O6S. The number of thiophene rings is 1. The van der Waals surface area contributed by atoms with Crippen LogP contribution in [0, 0.1) is 18.6 Å². The van der Waals surface area contributed by atoms with Gasteiger partial charge in [-0.3, -0.25) is 14.4 Å². The Morgan fingerprint density at radius 3 is 2.55 bits per heavy atom. The predicted molar refractivity (Wildman–Crippen MR) is 99.1 cm³/mol. The molecule has 3 aromatic rings. The van der Waals surface area contributed by atoms with Crippen molar-refractivity contribution in [2.75, 3.05) is 6.54 Å². The topological polar surface area (TPSA) is 118 Å². The quantitative estimate of drug-likeness (QED) is 0.556. The summed E-state index contributed by atoms with van der Waals surface area (Å²) in [7, 11) is 0. The molecule has 0 saturated heterocycles. The molecule has 11 heteroatoms. The molecule has 0 aliphatic carbocycles. The van der Waals surface area contributed by atoms with Gasteiger partial charge in [-0.1, -0.05) is 6.07 Å². The summed E-state index contributed by atoms with van der Waals surface area (Å²) in [5.74, 6) is -4.87. The summed E-state index contributed by atoms with van der Waals surface area (Å²) in [4.78, 5) is 41.1. The fourth-order valence-corrected chi connectivity index (χ4v) is 3.62. The summed E-state index contributed by atoms with van der Waals surface area (Å²) >= 11 is 1.01. The molecule has 0 unspecified atom stereocenters. The third kappa shape index (κ3) is 3.76. The predicted octanol–water partition coefficient (Wildman–Crippen LogP) is 1.80. The van der Waals surface area contributed by atoms with E-state index in [1.807, 2.05) is 5.32 Å². The molecule has 0 aliphatic heterocycles. The SMILES string of the molecule is Cc1csc2c(O)c(C(=O)NCC(=O)O)c(=O)n(OCc3c(F)cccc3F)c12. The molecule has 0 bridgehead atoms. The smallest absolute Gasteiger partial charge is 0.322 e. The molecule has 2 aromatic heterocycles. The number of nitrogens with one attached hydrogen (secondary N) is 1. The van der Waals surface area contributed by atoms with E-state index in [4.69, 9.17) is 9.94 Å². The number of carbonyl (C=O) groups is 2. The number of pyridine rings is 1. The summed E-state index contributed by atoms with van der Waals surface area (Å²) < 4.78 is 28.5. The average Bonchev–Trinajstić information content (AvgIpc) is 3.04. The van der Waals surface area contributed by atoms with Crippen LogP contribution >= 0.6 is 11.3 Å². The first-order chi connectivity index (χ1) is 13.7. The van der Waals surface area contributed by atoms with Crippen molar-refractivity contribution in [1.29, 1.82) is 0 Å². The molecule has 0 saturated carbocycles. The minimum Gasteiger partial charge on any atom is -0.505 e. The molecule has 3 rings (SSSR count). The van der Waals surface area contributed by atoms with Crippen molar-refractivity contribution >= 4 is 33.4 Å². The van der Waals surface area contributed by atoms with Crippen molar-refractivity contribution in [2.45, 2.75) is 13.5 Å². The number of carbonyl (C=O) groups excluding carboxylic acids is 1. The maximum Gasteiger partial charge on any atom is 0.322 e. The number of aromatic nitrogens is 1. The molecule has 29 heavy (non-hydrogen) atoms. The van der Waals surface area contributed by atoms with Gasteiger partial charge >= 0.3 is 5.97 Å². The van der Waals surface area contributed by atoms with Gasteiger partial charge in [0, 0.05) is 0 Å². The van der Waals surface area contributed by atoms with Crippen molar-refractivity contribution in [3.8, 4) is 5.75 Å². The first kappa shape index (κ1) is 20.3. The van der Waals surface area contributed by atoms with E-state index in [-0.39, 0.29) is 10.2 Å². The van der Waals surface area contributed by atoms with Crippen LogP contribution in [0.15, 0.2) is 28.4 Å². The lowest BCUT2D eigenvalue weighted by Crippen LogP contribution is -2.37. The Bertz CT molecular complexity index is 1170. The summed E-state index contributed by atoms with van der Waals surface area (Å²) in [6.07, 6.45) is 0. The second-order valence-electron chi connectivity index (χ2n) is 5.97. The van der Waals surface area contributed by atoms with E-state index < -0.39 is 59.1 Å². The zero-order valence-electron chi connectivity index (χ0n) is 14.9. The minimum absolute atomic E-state index is 0.122. The van der Waals surface area contributed by atoms with E-state index in [1.54, 1.807) is 12.3 Å². The standard InChI is InChI=1S/C18H14F2N2O6S/c1-8-7-29-16-14(8)22(28-6-9-10(19)3-2-4-11(9)20)18(27)13(15(16)25)17(26)21-5-12(23)24/h2-4,7,25H,5-6H2,1H3,(H,21,26)(H,23,24). The zero-order chi connectivity index (χ0) is 21.3. The molecular weight excluding hydrogens is 410 g/mol. The first-order valence-corrected chi connectivity index (χ1v) is 9.02. The average molecular weight is 424 g/mol. The van der Waals surface area contributed by atoms with Crippen LogP contribution in [-0.4, -0.2) is 33.4 Å². The molecule has 1 amide bonds. The van der Waals surface area contributed by atoms with Gasteiger partial charge in [0.25, 0.3) is 11.5 Å². The van der Waals surface area contributed by atoms with Crippen LogP contribution in [0.1, 0.15) is 21.5 Å². The first-order valence-electron chi connectivity index (χ1n) is 8.14. The molecule has 8 nitrogen and oxygen atoms in total. The van der Waals surface area contributed by atoms with Crippen LogP contribution in [0.3, 0.4) is 0 Å². The Kier molecular flexibility index (Phi) is 5.50. The van der Waals surface area contributed by atoms with Gasteiger partial charge in [-0.25, -0.2) is 8.78 Å². The highest BCUT2D eigenvalue weighted by Crippen LogP contribution is 2.33. The summed E-state index contributed by atoms with van der Waals surface area (Å²) in [6, 6.07) is 3.22. The normalized spacial score (nSPS) is 10.9. The molecule has 1 aromatic carbocycles. The Morgan fingerprint density at radius 2 is 1.93 bits per heavy atom. The Labute approximate surface area is 165 Å². The van der Waals surface area contributed by atoms with Gasteiger partial charge in [0.15, 0.2) is 11.3 Å². The Balaban J connectivity index is 2.10. The van der Waals surface area contributed by atoms with Crippen molar-refractivity contribution in [2.24, 2.45) is 0 Å². The number of carboxylic acid groups (broad SMARTS) is 1. The van der Waals surface area contributed by atoms with Crippen molar-refractivity contribution < 1.29 is 33.4 Å². The highest BCUT2D eigenvalue weighted by atomic mass is 32.1. The second-order valence-corrected chi connectivity index (χ2v) is 6.85. The monoisotopic (exact) mass is 424 g/mol. The summed E-state index contributed by atoms with van der Waals surface area (Å²) in [5, 5.41) is 22.7. The summed E-state index contributed by atoms with van der Waals surface area (Å²) in [5.41, 5.74) is -1.62. The lowest BCUT2D eigenvalue weighted by atomic mass is 10.2. The Morgan fingerprint density at radius 1 is 1.28 bits per heavy atom. The number of aliphatic carboxylic acids is 1. The largest absolute Gasteiger partial charge is 0.505 e. The number of benzene rings is 1. The van der Waals surface area contributed by atoms with Crippen LogP contribution in [0.25, 0.3) is 10.2 Å². The van der Waals surface area contributed by atoms with E-state index in [1.165, 1.54) is 6.07 Å². The highest BCUT2D eigenvalue weighted by Gasteiger charge is 2.25. The van der Waals surface area contributed by atoms with Crippen molar-refractivity contribution in [1.82, 2.24) is 10.0 Å². The molecule has 0 fully saturated rings. The number of nitrogens with zero attached hydrogens (tertiary/aromatic N) is 1. The van der Waals surface area contributed by atoms with Gasteiger partial charge in [-0.2, -0.15) is 0 Å². The van der Waals surface area contributed by atoms with Gasteiger partial charge in [0.05, 0.1) is 10.3 Å². The van der Waals surface area contributed by atoms with Crippen molar-refractivity contribution in [3.63, 3.8) is 0 Å². The molecule has 0 radical (unpaired) electrons. The van der Waals surface area contributed by atoms with Crippen LogP contribution in [-0.2, 0) is 11.4 Å². The number of halogens is 2. The van der Waals surface area contributed by atoms with Crippen LogP contribution in [0.4, 0.5) is 8.78 Å². The number of carboxylic acids is 1. The molecule has 0 atom stereocenters.